The molecule has 14 heteroatoms. The molecule has 2 aliphatic rings. The highest BCUT2D eigenvalue weighted by Crippen LogP contribution is 2.29. The van der Waals surface area contributed by atoms with Crippen LogP contribution in [0.3, 0.4) is 0 Å². The van der Waals surface area contributed by atoms with Gasteiger partial charge in [-0.15, -0.1) is 0 Å². The van der Waals surface area contributed by atoms with Crippen molar-refractivity contribution in [2.75, 3.05) is 26.4 Å². The molecule has 0 bridgehead atoms. The van der Waals surface area contributed by atoms with Crippen molar-refractivity contribution < 1.29 is 38.1 Å². The van der Waals surface area contributed by atoms with E-state index in [1.165, 1.54) is 11.9 Å². The van der Waals surface area contributed by atoms with Crippen molar-refractivity contribution in [2.45, 2.75) is 94.5 Å². The maximum Gasteiger partial charge on any atom is 0.325 e. The smallest absolute Gasteiger partial charge is 0.325 e. The van der Waals surface area contributed by atoms with E-state index in [4.69, 9.17) is 53.8 Å². The van der Waals surface area contributed by atoms with Crippen molar-refractivity contribution in [3.8, 4) is 0 Å². The lowest BCUT2D eigenvalue weighted by atomic mass is 9.96. The molecule has 0 radical (unpaired) electrons. The van der Waals surface area contributed by atoms with Crippen molar-refractivity contribution in [1.29, 1.82) is 0 Å². The van der Waals surface area contributed by atoms with E-state index in [1.54, 1.807) is 13.8 Å². The van der Waals surface area contributed by atoms with Gasteiger partial charge in [0.2, 0.25) is 3.79 Å². The van der Waals surface area contributed by atoms with Gasteiger partial charge in [-0.05, 0) is 52.4 Å². The van der Waals surface area contributed by atoms with Gasteiger partial charge in [0, 0.05) is 13.0 Å². The van der Waals surface area contributed by atoms with E-state index in [1.807, 2.05) is 26.0 Å². The Bertz CT molecular complexity index is 937. The molecule has 2 aliphatic heterocycles. The topological polar surface area (TPSA) is 132 Å². The fourth-order valence-electron chi connectivity index (χ4n) is 4.44. The van der Waals surface area contributed by atoms with Gasteiger partial charge >= 0.3 is 11.9 Å². The maximum absolute atomic E-state index is 13.2. The normalized spacial score (nSPS) is 21.4. The second kappa shape index (κ2) is 16.3. The fourth-order valence-corrected chi connectivity index (χ4v) is 4.61. The highest BCUT2D eigenvalue weighted by atomic mass is 35.6. The Balaban J connectivity index is 1.97. The van der Waals surface area contributed by atoms with Crippen LogP contribution >= 0.6 is 34.8 Å². The summed E-state index contributed by atoms with van der Waals surface area (Å²) in [6.07, 6.45) is 4.94. The number of nitrogens with zero attached hydrogens (tertiary/aromatic N) is 1. The third-order valence-corrected chi connectivity index (χ3v) is 7.11. The largest absolute Gasteiger partial charge is 0.460 e. The lowest BCUT2D eigenvalue weighted by Crippen LogP contribution is -2.60. The quantitative estimate of drug-likeness (QED) is 0.176. The minimum Gasteiger partial charge on any atom is -0.460 e. The van der Waals surface area contributed by atoms with Crippen molar-refractivity contribution in [3.05, 3.63) is 12.2 Å². The van der Waals surface area contributed by atoms with Gasteiger partial charge in [-0.3, -0.25) is 24.2 Å². The summed E-state index contributed by atoms with van der Waals surface area (Å²) in [6, 6.07) is -1.79. The zero-order valence-corrected chi connectivity index (χ0v) is 26.5. The number of halogens is 3. The molecule has 0 aromatic heterocycles. The van der Waals surface area contributed by atoms with Gasteiger partial charge in [0.25, 0.3) is 11.8 Å². The standard InChI is InChI=1S/C27H42Cl3N3O8/c1-6-7-9-19(11-12-26(5)39-14-15-40-26)24(36)41-21(17(2)3)22(34)31-18(4)23(35)33-13-8-10-20(32-33)25(37)38-16-27(28,29)30/h6-7,17-21,32H,8-16H2,1-5H3,(H,31,34). The Morgan fingerprint density at radius 2 is 1.83 bits per heavy atom. The minimum absolute atomic E-state index is 0.314. The maximum atomic E-state index is 13.2. The number of allylic oxidation sites excluding steroid dienone is 2. The summed E-state index contributed by atoms with van der Waals surface area (Å²) in [5, 5.41) is 3.90. The predicted molar refractivity (Wildman–Crippen MR) is 154 cm³/mol. The average molecular weight is 643 g/mol. The molecular formula is C27H42Cl3N3O8. The molecule has 0 aromatic rings. The number of alkyl halides is 3. The second-order valence-corrected chi connectivity index (χ2v) is 13.3. The van der Waals surface area contributed by atoms with Crippen LogP contribution in [0.1, 0.15) is 66.7 Å². The summed E-state index contributed by atoms with van der Waals surface area (Å²) in [4.78, 5) is 51.8. The van der Waals surface area contributed by atoms with Crippen LogP contribution in [0.2, 0.25) is 0 Å². The van der Waals surface area contributed by atoms with Crippen LogP contribution in [0.25, 0.3) is 0 Å². The Hall–Kier alpha value is -1.63. The van der Waals surface area contributed by atoms with E-state index in [9.17, 15) is 19.2 Å². The number of hydrogen-bond acceptors (Lipinski definition) is 9. The van der Waals surface area contributed by atoms with Crippen LogP contribution in [-0.4, -0.2) is 82.9 Å². The Kier molecular flexibility index (Phi) is 14.1. The van der Waals surface area contributed by atoms with Crippen molar-refractivity contribution in [3.63, 3.8) is 0 Å². The summed E-state index contributed by atoms with van der Waals surface area (Å²) in [6.45, 7) is 9.62. The van der Waals surface area contributed by atoms with Crippen LogP contribution in [-0.2, 0) is 38.1 Å². The molecule has 2 N–H and O–H groups in total. The summed E-state index contributed by atoms with van der Waals surface area (Å²) >= 11 is 16.9. The monoisotopic (exact) mass is 641 g/mol. The molecule has 2 heterocycles. The first kappa shape index (κ1) is 35.6. The van der Waals surface area contributed by atoms with Crippen molar-refractivity contribution >= 4 is 58.6 Å². The third kappa shape index (κ3) is 11.9. The van der Waals surface area contributed by atoms with Crippen LogP contribution in [0.5, 0.6) is 0 Å². The van der Waals surface area contributed by atoms with E-state index in [0.29, 0.717) is 51.9 Å². The molecule has 2 saturated heterocycles. The van der Waals surface area contributed by atoms with Gasteiger partial charge in [-0.1, -0.05) is 60.8 Å². The van der Waals surface area contributed by atoms with E-state index < -0.39 is 64.0 Å². The average Bonchev–Trinajstić information content (AvgIpc) is 3.35. The van der Waals surface area contributed by atoms with Gasteiger partial charge < -0.3 is 24.3 Å². The SMILES string of the molecule is CC=CCC(CCC1(C)OCCO1)C(=O)OC(C(=O)NC(C)C(=O)N1CCCC(C(=O)OCC(Cl)(Cl)Cl)N1)C(C)C. The van der Waals surface area contributed by atoms with Crippen LogP contribution in [0.4, 0.5) is 0 Å². The van der Waals surface area contributed by atoms with E-state index in [-0.39, 0.29) is 5.92 Å². The zero-order chi connectivity index (χ0) is 30.8. The highest BCUT2D eigenvalue weighted by Gasteiger charge is 2.37. The molecule has 11 nitrogen and oxygen atoms in total. The van der Waals surface area contributed by atoms with Crippen LogP contribution in [0, 0.1) is 11.8 Å². The highest BCUT2D eigenvalue weighted by molar-refractivity contribution is 6.67. The molecule has 0 aromatic carbocycles. The molecule has 2 rings (SSSR count). The molecule has 0 aliphatic carbocycles. The van der Waals surface area contributed by atoms with Gasteiger partial charge in [0.05, 0.1) is 19.1 Å². The molecule has 0 saturated carbocycles. The first-order chi connectivity index (χ1) is 19.2. The lowest BCUT2D eigenvalue weighted by molar-refractivity contribution is -0.167. The van der Waals surface area contributed by atoms with Gasteiger partial charge in [0.1, 0.15) is 18.7 Å². The van der Waals surface area contributed by atoms with Crippen LogP contribution < -0.4 is 10.7 Å². The summed E-state index contributed by atoms with van der Waals surface area (Å²) in [5.74, 6) is -3.84. The third-order valence-electron chi connectivity index (χ3n) is 6.79. The van der Waals surface area contributed by atoms with Gasteiger partial charge in [-0.2, -0.15) is 0 Å². The number of carbonyl (C=O) groups excluding carboxylic acids is 4. The minimum atomic E-state index is -1.75. The molecule has 0 spiro atoms. The number of hydrazine groups is 1. The molecule has 2 amide bonds. The number of esters is 2. The van der Waals surface area contributed by atoms with E-state index >= 15 is 0 Å². The molecule has 4 unspecified atom stereocenters. The molecule has 2 fully saturated rings. The Morgan fingerprint density at radius 1 is 1.17 bits per heavy atom. The van der Waals surface area contributed by atoms with Gasteiger partial charge in [0.15, 0.2) is 11.9 Å². The Morgan fingerprint density at radius 3 is 2.41 bits per heavy atom. The first-order valence-corrected chi connectivity index (χ1v) is 15.0. The number of carbonyl (C=O) groups is 4. The second-order valence-electron chi connectivity index (χ2n) is 10.7. The number of hydrogen-bond donors (Lipinski definition) is 2. The predicted octanol–water partition coefficient (Wildman–Crippen LogP) is 3.59. The number of amides is 2. The molecule has 41 heavy (non-hydrogen) atoms. The summed E-state index contributed by atoms with van der Waals surface area (Å²) in [7, 11) is 0. The van der Waals surface area contributed by atoms with Crippen molar-refractivity contribution in [2.24, 2.45) is 11.8 Å². The number of ether oxygens (including phenoxy) is 4. The first-order valence-electron chi connectivity index (χ1n) is 13.9. The van der Waals surface area contributed by atoms with E-state index in [2.05, 4.69) is 10.7 Å². The molecule has 234 valence electrons. The lowest BCUT2D eigenvalue weighted by Gasteiger charge is -2.34. The van der Waals surface area contributed by atoms with E-state index in [0.717, 1.165) is 0 Å². The molecular weight excluding hydrogens is 601 g/mol. The molecule has 4 atom stereocenters. The number of nitrogens with one attached hydrogen (secondary N) is 2. The van der Waals surface area contributed by atoms with Crippen molar-refractivity contribution in [1.82, 2.24) is 15.8 Å². The summed E-state index contributed by atoms with van der Waals surface area (Å²) in [5.41, 5.74) is 2.82. The fraction of sp³-hybridized carbons (Fsp3) is 0.778. The van der Waals surface area contributed by atoms with Crippen LogP contribution in [0.15, 0.2) is 12.2 Å². The summed E-state index contributed by atoms with van der Waals surface area (Å²) < 4.78 is 20.3. The zero-order valence-electron chi connectivity index (χ0n) is 24.3. The Labute approximate surface area is 256 Å². The van der Waals surface area contributed by atoms with Gasteiger partial charge in [-0.25, -0.2) is 5.43 Å². The number of rotatable bonds is 13.